The molecule has 0 bridgehead atoms. The zero-order chi connectivity index (χ0) is 16.9. The Morgan fingerprint density at radius 3 is 2.58 bits per heavy atom. The van der Waals surface area contributed by atoms with E-state index >= 15 is 0 Å². The first-order valence-corrected chi connectivity index (χ1v) is 7.66. The lowest BCUT2D eigenvalue weighted by Crippen LogP contribution is -2.17. The molecule has 2 aromatic carbocycles. The van der Waals surface area contributed by atoms with Crippen molar-refractivity contribution in [1.82, 2.24) is 9.88 Å². The van der Waals surface area contributed by atoms with Crippen molar-refractivity contribution in [3.05, 3.63) is 71.9 Å². The first kappa shape index (κ1) is 16.2. The van der Waals surface area contributed by atoms with E-state index < -0.39 is 0 Å². The highest BCUT2D eigenvalue weighted by Crippen LogP contribution is 2.21. The van der Waals surface area contributed by atoms with Gasteiger partial charge in [0.05, 0.1) is 12.8 Å². The lowest BCUT2D eigenvalue weighted by Gasteiger charge is -2.17. The number of para-hydroxylation sites is 1. The van der Waals surface area contributed by atoms with Crippen molar-refractivity contribution >= 4 is 0 Å². The molecule has 0 radical (unpaired) electrons. The summed E-state index contributed by atoms with van der Waals surface area (Å²) in [4.78, 5) is 6.60. The highest BCUT2D eigenvalue weighted by molar-refractivity contribution is 5.52. The molecule has 0 amide bonds. The third kappa shape index (κ3) is 3.81. The van der Waals surface area contributed by atoms with Gasteiger partial charge in [-0.05, 0) is 37.4 Å². The topological polar surface area (TPSA) is 38.5 Å². The number of methoxy groups -OCH3 is 1. The quantitative estimate of drug-likeness (QED) is 0.683. The van der Waals surface area contributed by atoms with Gasteiger partial charge in [-0.25, -0.2) is 9.37 Å². The number of rotatable bonds is 6. The van der Waals surface area contributed by atoms with Crippen LogP contribution in [-0.2, 0) is 13.1 Å². The van der Waals surface area contributed by atoms with E-state index in [2.05, 4.69) is 9.88 Å². The van der Waals surface area contributed by atoms with Crippen LogP contribution < -0.4 is 4.74 Å². The summed E-state index contributed by atoms with van der Waals surface area (Å²) in [5.41, 5.74) is 2.70. The molecule has 0 fully saturated rings. The van der Waals surface area contributed by atoms with Crippen molar-refractivity contribution in [2.45, 2.75) is 13.1 Å². The molecule has 0 saturated carbocycles. The standard InChI is InChI=1S/C19H19FN2O2/c1-22(11-15-5-3-4-6-18(15)23-2)12-17-13-24-19(21-17)14-7-9-16(20)10-8-14/h3-10,13H,11-12H2,1-2H3. The lowest BCUT2D eigenvalue weighted by molar-refractivity contribution is 0.306. The van der Waals surface area contributed by atoms with Gasteiger partial charge in [0.2, 0.25) is 5.89 Å². The van der Waals surface area contributed by atoms with Crippen molar-refractivity contribution in [2.24, 2.45) is 0 Å². The molecule has 1 heterocycles. The zero-order valence-electron chi connectivity index (χ0n) is 13.7. The van der Waals surface area contributed by atoms with Gasteiger partial charge in [0.25, 0.3) is 0 Å². The van der Waals surface area contributed by atoms with Crippen molar-refractivity contribution in [3.63, 3.8) is 0 Å². The molecule has 0 spiro atoms. The molecule has 3 rings (SSSR count). The van der Waals surface area contributed by atoms with Crippen LogP contribution in [0.1, 0.15) is 11.3 Å². The summed E-state index contributed by atoms with van der Waals surface area (Å²) < 4.78 is 23.9. The van der Waals surface area contributed by atoms with Gasteiger partial charge >= 0.3 is 0 Å². The molecular weight excluding hydrogens is 307 g/mol. The van der Waals surface area contributed by atoms with Crippen LogP contribution in [0.25, 0.3) is 11.5 Å². The number of hydrogen-bond acceptors (Lipinski definition) is 4. The summed E-state index contributed by atoms with van der Waals surface area (Å²) in [5.74, 6) is 1.09. The SMILES string of the molecule is COc1ccccc1CN(C)Cc1coc(-c2ccc(F)cc2)n1. The highest BCUT2D eigenvalue weighted by Gasteiger charge is 2.11. The van der Waals surface area contributed by atoms with E-state index in [4.69, 9.17) is 9.15 Å². The number of aromatic nitrogens is 1. The number of oxazole rings is 1. The van der Waals surface area contributed by atoms with E-state index in [1.54, 1.807) is 25.5 Å². The Morgan fingerprint density at radius 1 is 1.08 bits per heavy atom. The lowest BCUT2D eigenvalue weighted by atomic mass is 10.2. The number of benzene rings is 2. The van der Waals surface area contributed by atoms with E-state index in [0.717, 1.165) is 29.1 Å². The van der Waals surface area contributed by atoms with Crippen molar-refractivity contribution in [2.75, 3.05) is 14.2 Å². The minimum absolute atomic E-state index is 0.276. The fourth-order valence-corrected chi connectivity index (χ4v) is 2.56. The molecule has 5 heteroatoms. The maximum absolute atomic E-state index is 13.0. The van der Waals surface area contributed by atoms with E-state index in [9.17, 15) is 4.39 Å². The monoisotopic (exact) mass is 326 g/mol. The van der Waals surface area contributed by atoms with Gasteiger partial charge < -0.3 is 9.15 Å². The van der Waals surface area contributed by atoms with Gasteiger partial charge in [0.15, 0.2) is 0 Å². The molecule has 4 nitrogen and oxygen atoms in total. The molecule has 1 aromatic heterocycles. The molecule has 3 aromatic rings. The zero-order valence-corrected chi connectivity index (χ0v) is 13.7. The van der Waals surface area contributed by atoms with Crippen molar-refractivity contribution in [3.8, 4) is 17.2 Å². The first-order chi connectivity index (χ1) is 11.7. The normalized spacial score (nSPS) is 11.0. The Labute approximate surface area is 140 Å². The van der Waals surface area contributed by atoms with Gasteiger partial charge in [0.1, 0.15) is 17.8 Å². The van der Waals surface area contributed by atoms with Crippen LogP contribution in [-0.4, -0.2) is 24.0 Å². The largest absolute Gasteiger partial charge is 0.496 e. The van der Waals surface area contributed by atoms with Crippen LogP contribution in [0.15, 0.2) is 59.2 Å². The predicted molar refractivity (Wildman–Crippen MR) is 90.1 cm³/mol. The molecule has 0 aliphatic rings. The van der Waals surface area contributed by atoms with E-state index in [1.807, 2.05) is 31.3 Å². The minimum Gasteiger partial charge on any atom is -0.496 e. The van der Waals surface area contributed by atoms with Crippen LogP contribution in [0.4, 0.5) is 4.39 Å². The molecule has 0 atom stereocenters. The molecule has 0 aliphatic heterocycles. The third-order valence-electron chi connectivity index (χ3n) is 3.71. The summed E-state index contributed by atoms with van der Waals surface area (Å²) in [6, 6.07) is 14.0. The molecule has 0 unspecified atom stereocenters. The first-order valence-electron chi connectivity index (χ1n) is 7.66. The minimum atomic E-state index is -0.276. The predicted octanol–water partition coefficient (Wildman–Crippen LogP) is 4.12. The Kier molecular flexibility index (Phi) is 4.91. The van der Waals surface area contributed by atoms with Gasteiger partial charge in [0, 0.05) is 24.2 Å². The number of halogens is 1. The Balaban J connectivity index is 1.67. The van der Waals surface area contributed by atoms with Crippen molar-refractivity contribution in [1.29, 1.82) is 0 Å². The van der Waals surface area contributed by atoms with Gasteiger partial charge in [-0.2, -0.15) is 0 Å². The van der Waals surface area contributed by atoms with Crippen LogP contribution >= 0.6 is 0 Å². The van der Waals surface area contributed by atoms with Gasteiger partial charge in [-0.15, -0.1) is 0 Å². The van der Waals surface area contributed by atoms with Crippen LogP contribution in [0, 0.1) is 5.82 Å². The maximum atomic E-state index is 13.0. The van der Waals surface area contributed by atoms with Gasteiger partial charge in [-0.3, -0.25) is 4.90 Å². The van der Waals surface area contributed by atoms with Crippen molar-refractivity contribution < 1.29 is 13.5 Å². The molecule has 124 valence electrons. The Hall–Kier alpha value is -2.66. The summed E-state index contributed by atoms with van der Waals surface area (Å²) in [6.07, 6.45) is 1.64. The smallest absolute Gasteiger partial charge is 0.226 e. The second-order valence-electron chi connectivity index (χ2n) is 5.64. The maximum Gasteiger partial charge on any atom is 0.226 e. The number of nitrogens with zero attached hydrogens (tertiary/aromatic N) is 2. The summed E-state index contributed by atoms with van der Waals surface area (Å²) in [7, 11) is 3.68. The van der Waals surface area contributed by atoms with E-state index in [1.165, 1.54) is 12.1 Å². The fourth-order valence-electron chi connectivity index (χ4n) is 2.56. The van der Waals surface area contributed by atoms with Crippen LogP contribution in [0.2, 0.25) is 0 Å². The second kappa shape index (κ2) is 7.27. The molecule has 24 heavy (non-hydrogen) atoms. The Bertz CT molecular complexity index is 799. The molecular formula is C19H19FN2O2. The molecule has 0 aliphatic carbocycles. The third-order valence-corrected chi connectivity index (χ3v) is 3.71. The van der Waals surface area contributed by atoms with Gasteiger partial charge in [-0.1, -0.05) is 18.2 Å². The summed E-state index contributed by atoms with van der Waals surface area (Å²) in [5, 5.41) is 0. The average Bonchev–Trinajstić information content (AvgIpc) is 3.04. The number of hydrogen-bond donors (Lipinski definition) is 0. The fraction of sp³-hybridized carbons (Fsp3) is 0.211. The summed E-state index contributed by atoms with van der Waals surface area (Å²) >= 11 is 0. The second-order valence-corrected chi connectivity index (χ2v) is 5.64. The van der Waals surface area contributed by atoms with Crippen LogP contribution in [0.5, 0.6) is 5.75 Å². The number of ether oxygens (including phenoxy) is 1. The van der Waals surface area contributed by atoms with E-state index in [-0.39, 0.29) is 5.82 Å². The molecule has 0 N–H and O–H groups in total. The Morgan fingerprint density at radius 2 is 1.83 bits per heavy atom. The molecule has 0 saturated heterocycles. The average molecular weight is 326 g/mol. The van der Waals surface area contributed by atoms with E-state index in [0.29, 0.717) is 12.4 Å². The highest BCUT2D eigenvalue weighted by atomic mass is 19.1. The summed E-state index contributed by atoms with van der Waals surface area (Å²) in [6.45, 7) is 1.38. The van der Waals surface area contributed by atoms with Crippen LogP contribution in [0.3, 0.4) is 0 Å².